The normalized spacial score (nSPS) is 10.0. The van der Waals surface area contributed by atoms with Gasteiger partial charge in [-0.3, -0.25) is 0 Å². The number of nitrogens with one attached hydrogen (secondary N) is 1. The van der Waals surface area contributed by atoms with E-state index >= 15 is 0 Å². The molecule has 5 nitrogen and oxygen atoms in total. The van der Waals surface area contributed by atoms with Gasteiger partial charge in [0.1, 0.15) is 6.10 Å². The highest BCUT2D eigenvalue weighted by molar-refractivity contribution is 5.67. The van der Waals surface area contributed by atoms with E-state index in [0.717, 1.165) is 6.42 Å². The number of alkyl carbamates (subject to hydrolysis) is 1. The molecule has 0 rings (SSSR count). The lowest BCUT2D eigenvalue weighted by Crippen LogP contribution is -2.33. The summed E-state index contributed by atoms with van der Waals surface area (Å²) in [6.07, 6.45) is -0.607. The van der Waals surface area contributed by atoms with Gasteiger partial charge in [0.2, 0.25) is 0 Å². The van der Waals surface area contributed by atoms with Crippen molar-refractivity contribution in [3.63, 3.8) is 0 Å². The molecular formula is C7H15NO4. The van der Waals surface area contributed by atoms with Crippen molar-refractivity contribution < 1.29 is 19.7 Å². The van der Waals surface area contributed by atoms with E-state index in [9.17, 15) is 4.79 Å². The number of aliphatic hydroxyl groups excluding tert-OH is 2. The van der Waals surface area contributed by atoms with Gasteiger partial charge in [0.15, 0.2) is 0 Å². The first kappa shape index (κ1) is 11.2. The third-order valence-corrected chi connectivity index (χ3v) is 1.20. The smallest absolute Gasteiger partial charge is 0.407 e. The Morgan fingerprint density at radius 1 is 1.50 bits per heavy atom. The van der Waals surface area contributed by atoms with E-state index in [-0.39, 0.29) is 13.2 Å². The second kappa shape index (κ2) is 6.87. The van der Waals surface area contributed by atoms with Crippen LogP contribution in [0.1, 0.15) is 13.3 Å². The first-order valence-electron chi connectivity index (χ1n) is 3.90. The zero-order chi connectivity index (χ0) is 9.40. The monoisotopic (exact) mass is 177 g/mol. The lowest BCUT2D eigenvalue weighted by atomic mass is 10.4. The SMILES string of the molecule is CCCNC(=O)OC(CO)CO. The summed E-state index contributed by atoms with van der Waals surface area (Å²) >= 11 is 0. The van der Waals surface area contributed by atoms with Crippen molar-refractivity contribution in [1.82, 2.24) is 5.32 Å². The van der Waals surface area contributed by atoms with Crippen molar-refractivity contribution >= 4 is 6.09 Å². The average Bonchev–Trinajstić information content (AvgIpc) is 2.10. The van der Waals surface area contributed by atoms with Crippen molar-refractivity contribution in [1.29, 1.82) is 0 Å². The fourth-order valence-electron chi connectivity index (χ4n) is 0.552. The predicted octanol–water partition coefficient (Wildman–Crippen LogP) is -0.524. The average molecular weight is 177 g/mol. The Bertz CT molecular complexity index is 125. The molecule has 0 unspecified atom stereocenters. The maximum absolute atomic E-state index is 10.8. The van der Waals surface area contributed by atoms with Crippen molar-refractivity contribution in [2.75, 3.05) is 19.8 Å². The van der Waals surface area contributed by atoms with Crippen LogP contribution in [0, 0.1) is 0 Å². The molecule has 0 radical (unpaired) electrons. The molecule has 5 heteroatoms. The van der Waals surface area contributed by atoms with Crippen molar-refractivity contribution in [3.05, 3.63) is 0 Å². The highest BCUT2D eigenvalue weighted by atomic mass is 16.6. The van der Waals surface area contributed by atoms with Crippen LogP contribution in [0.5, 0.6) is 0 Å². The van der Waals surface area contributed by atoms with E-state index in [0.29, 0.717) is 6.54 Å². The summed E-state index contributed by atoms with van der Waals surface area (Å²) in [5.74, 6) is 0. The summed E-state index contributed by atoms with van der Waals surface area (Å²) in [5.41, 5.74) is 0. The maximum Gasteiger partial charge on any atom is 0.407 e. The van der Waals surface area contributed by atoms with E-state index in [1.54, 1.807) is 0 Å². The zero-order valence-corrected chi connectivity index (χ0v) is 7.12. The molecule has 1 amide bonds. The Kier molecular flexibility index (Phi) is 6.41. The number of aliphatic hydroxyl groups is 2. The summed E-state index contributed by atoms with van der Waals surface area (Å²) in [4.78, 5) is 10.8. The summed E-state index contributed by atoms with van der Waals surface area (Å²) in [5, 5.41) is 19.5. The molecule has 3 N–H and O–H groups in total. The molecule has 0 aromatic heterocycles. The standard InChI is InChI=1S/C7H15NO4/c1-2-3-8-7(11)12-6(4-9)5-10/h6,9-10H,2-5H2,1H3,(H,8,11). The van der Waals surface area contributed by atoms with E-state index in [1.165, 1.54) is 0 Å². The summed E-state index contributed by atoms with van der Waals surface area (Å²) in [6.45, 7) is 1.71. The Balaban J connectivity index is 3.52. The van der Waals surface area contributed by atoms with Gasteiger partial charge in [0.05, 0.1) is 13.2 Å². The molecule has 72 valence electrons. The summed E-state index contributed by atoms with van der Waals surface area (Å²) in [6, 6.07) is 0. The van der Waals surface area contributed by atoms with E-state index in [2.05, 4.69) is 10.1 Å². The van der Waals surface area contributed by atoms with Crippen LogP contribution in [-0.4, -0.2) is 42.2 Å². The number of rotatable bonds is 5. The molecule has 0 aliphatic heterocycles. The fraction of sp³-hybridized carbons (Fsp3) is 0.857. The Labute approximate surface area is 71.3 Å². The van der Waals surface area contributed by atoms with Crippen LogP contribution < -0.4 is 5.32 Å². The Hall–Kier alpha value is -0.810. The molecule has 0 aliphatic carbocycles. The Morgan fingerprint density at radius 2 is 2.08 bits per heavy atom. The van der Waals surface area contributed by atoms with Crippen LogP contribution in [0.4, 0.5) is 4.79 Å². The third kappa shape index (κ3) is 4.92. The van der Waals surface area contributed by atoms with Gasteiger partial charge < -0.3 is 20.3 Å². The predicted molar refractivity (Wildman–Crippen MR) is 42.7 cm³/mol. The minimum Gasteiger partial charge on any atom is -0.441 e. The van der Waals surface area contributed by atoms with Gasteiger partial charge in [-0.1, -0.05) is 6.92 Å². The minimum absolute atomic E-state index is 0.365. The fourth-order valence-corrected chi connectivity index (χ4v) is 0.552. The van der Waals surface area contributed by atoms with E-state index < -0.39 is 12.2 Å². The van der Waals surface area contributed by atoms with Crippen LogP contribution in [0.3, 0.4) is 0 Å². The number of hydrogen-bond donors (Lipinski definition) is 3. The number of hydrogen-bond acceptors (Lipinski definition) is 4. The lowest BCUT2D eigenvalue weighted by Gasteiger charge is -2.12. The first-order chi connectivity index (χ1) is 5.74. The van der Waals surface area contributed by atoms with Crippen molar-refractivity contribution in [2.24, 2.45) is 0 Å². The van der Waals surface area contributed by atoms with Crippen molar-refractivity contribution in [2.45, 2.75) is 19.4 Å². The van der Waals surface area contributed by atoms with Crippen LogP contribution in [-0.2, 0) is 4.74 Å². The maximum atomic E-state index is 10.8. The zero-order valence-electron chi connectivity index (χ0n) is 7.12. The van der Waals surface area contributed by atoms with Crippen LogP contribution in [0.15, 0.2) is 0 Å². The van der Waals surface area contributed by atoms with E-state index in [1.807, 2.05) is 6.92 Å². The molecule has 0 spiro atoms. The first-order valence-corrected chi connectivity index (χ1v) is 3.90. The topological polar surface area (TPSA) is 78.8 Å². The largest absolute Gasteiger partial charge is 0.441 e. The van der Waals surface area contributed by atoms with Gasteiger partial charge in [-0.05, 0) is 6.42 Å². The van der Waals surface area contributed by atoms with Crippen LogP contribution in [0.25, 0.3) is 0 Å². The van der Waals surface area contributed by atoms with Gasteiger partial charge in [-0.15, -0.1) is 0 Å². The quantitative estimate of drug-likeness (QED) is 0.527. The van der Waals surface area contributed by atoms with Gasteiger partial charge in [0, 0.05) is 6.54 Å². The molecule has 0 bridgehead atoms. The van der Waals surface area contributed by atoms with E-state index in [4.69, 9.17) is 10.2 Å². The van der Waals surface area contributed by atoms with Gasteiger partial charge in [-0.2, -0.15) is 0 Å². The molecule has 0 aromatic rings. The molecule has 12 heavy (non-hydrogen) atoms. The van der Waals surface area contributed by atoms with Gasteiger partial charge in [0.25, 0.3) is 0 Å². The van der Waals surface area contributed by atoms with Gasteiger partial charge in [-0.25, -0.2) is 4.79 Å². The number of ether oxygens (including phenoxy) is 1. The molecule has 0 fully saturated rings. The molecule has 0 saturated carbocycles. The molecule has 0 aliphatic rings. The summed E-state index contributed by atoms with van der Waals surface area (Å²) < 4.78 is 4.60. The molecule has 0 saturated heterocycles. The minimum atomic E-state index is -0.818. The van der Waals surface area contributed by atoms with Crippen molar-refractivity contribution in [3.8, 4) is 0 Å². The molecule has 0 atom stereocenters. The van der Waals surface area contributed by atoms with Gasteiger partial charge >= 0.3 is 6.09 Å². The lowest BCUT2D eigenvalue weighted by molar-refractivity contribution is 0.0224. The van der Waals surface area contributed by atoms with Crippen LogP contribution >= 0.6 is 0 Å². The molecule has 0 heterocycles. The molecular weight excluding hydrogens is 162 g/mol. The second-order valence-electron chi connectivity index (χ2n) is 2.32. The number of carbonyl (C=O) groups is 1. The molecule has 0 aromatic carbocycles. The second-order valence-corrected chi connectivity index (χ2v) is 2.32. The number of carbonyl (C=O) groups excluding carboxylic acids is 1. The summed E-state index contributed by atoms with van der Waals surface area (Å²) in [7, 11) is 0. The Morgan fingerprint density at radius 3 is 2.50 bits per heavy atom. The number of amides is 1. The highest BCUT2D eigenvalue weighted by Crippen LogP contribution is 1.89. The third-order valence-electron chi connectivity index (χ3n) is 1.20. The highest BCUT2D eigenvalue weighted by Gasteiger charge is 2.10. The van der Waals surface area contributed by atoms with Crippen LogP contribution in [0.2, 0.25) is 0 Å².